The van der Waals surface area contributed by atoms with Crippen molar-refractivity contribution in [3.8, 4) is 23.0 Å². The highest BCUT2D eigenvalue weighted by Crippen LogP contribution is 2.37. The molecule has 1 aliphatic rings. The molecule has 5 amide bonds. The van der Waals surface area contributed by atoms with E-state index in [1.807, 2.05) is 5.38 Å². The van der Waals surface area contributed by atoms with Crippen LogP contribution in [0.5, 0.6) is 23.0 Å². The van der Waals surface area contributed by atoms with Gasteiger partial charge in [0, 0.05) is 36.4 Å². The number of aliphatic hydroxyl groups excluding tert-OH is 1. The van der Waals surface area contributed by atoms with E-state index in [-0.39, 0.29) is 37.0 Å². The van der Waals surface area contributed by atoms with Crippen LogP contribution in [0.4, 0.5) is 0 Å². The normalized spacial score (nSPS) is 18.8. The number of nitrogens with zero attached hydrogens (tertiary/aromatic N) is 3. The maximum Gasteiger partial charge on any atom is 0.274 e. The van der Waals surface area contributed by atoms with Crippen molar-refractivity contribution in [2.45, 2.75) is 58.3 Å². The number of aromatic nitrogens is 2. The number of nitrogens with one attached hydrogen (secondary N) is 4. The van der Waals surface area contributed by atoms with E-state index in [1.165, 1.54) is 37.4 Å². The molecule has 1 aliphatic heterocycles. The quantitative estimate of drug-likeness (QED) is 0.201. The minimum atomic E-state index is -1.45. The number of thiazole rings is 1. The predicted molar refractivity (Wildman–Crippen MR) is 199 cm³/mol. The highest BCUT2D eigenvalue weighted by molar-refractivity contribution is 7.15. The Morgan fingerprint density at radius 1 is 0.963 bits per heavy atom. The number of rotatable bonds is 5. The lowest BCUT2D eigenvalue weighted by atomic mass is 10.0. The van der Waals surface area contributed by atoms with E-state index in [0.29, 0.717) is 46.2 Å². The molecular weight excluding hydrogens is 719 g/mol. The van der Waals surface area contributed by atoms with Crippen LogP contribution < -0.4 is 35.5 Å². The van der Waals surface area contributed by atoms with Crippen molar-refractivity contribution in [1.82, 2.24) is 35.6 Å². The molecule has 0 radical (unpaired) electrons. The Hall–Kier alpha value is -5.68. The third-order valence-electron chi connectivity index (χ3n) is 8.80. The maximum absolute atomic E-state index is 13.7. The number of amides is 5. The standard InChI is InChI=1S/C37H45N7O9S/c1-21(2)31-34(48)39-18-24-26(51-4)9-8-10-27(24)53-29-17-23(11-12-28(29)52-5)33(47)38-13-6-7-14-43(20-30(46)41-32(22(3)45)35(49)42-31)36(50)25-19-44-15-16-54-37(44)40-25/h8-12,15-17,19,21-22,31-32,45H,6-7,13-14,18,20H2,1-5H3,(H,38,47)(H,39,48)(H,41,46)(H,42,49)/t22-,31-,32+/m1/s1. The first-order valence-electron chi connectivity index (χ1n) is 17.5. The third kappa shape index (κ3) is 9.45. The molecule has 0 unspecified atom stereocenters. The van der Waals surface area contributed by atoms with Gasteiger partial charge in [-0.15, -0.1) is 11.3 Å². The van der Waals surface area contributed by atoms with Crippen LogP contribution in [-0.4, -0.2) is 101 Å². The van der Waals surface area contributed by atoms with Crippen LogP contribution in [0.15, 0.2) is 54.2 Å². The molecule has 0 saturated carbocycles. The van der Waals surface area contributed by atoms with Crippen LogP contribution in [0.25, 0.3) is 4.96 Å². The second-order valence-electron chi connectivity index (χ2n) is 13.0. The predicted octanol–water partition coefficient (Wildman–Crippen LogP) is 2.49. The summed E-state index contributed by atoms with van der Waals surface area (Å²) in [5, 5.41) is 23.3. The molecule has 0 saturated heterocycles. The van der Waals surface area contributed by atoms with Crippen molar-refractivity contribution in [3.05, 3.63) is 71.0 Å². The Kier molecular flexibility index (Phi) is 13.1. The molecule has 0 spiro atoms. The van der Waals surface area contributed by atoms with Gasteiger partial charge in [-0.05, 0) is 56.0 Å². The summed E-state index contributed by atoms with van der Waals surface area (Å²) in [6, 6.07) is 7.33. The van der Waals surface area contributed by atoms with Crippen molar-refractivity contribution in [2.24, 2.45) is 5.92 Å². The van der Waals surface area contributed by atoms with Crippen molar-refractivity contribution < 1.29 is 43.3 Å². The van der Waals surface area contributed by atoms with Crippen LogP contribution in [0, 0.1) is 5.92 Å². The van der Waals surface area contributed by atoms with E-state index in [9.17, 15) is 29.1 Å². The Bertz CT molecular complexity index is 1960. The number of fused-ring (bicyclic) bond motifs is 4. The molecule has 3 heterocycles. The summed E-state index contributed by atoms with van der Waals surface area (Å²) in [6.07, 6.45) is 2.84. The van der Waals surface area contributed by atoms with Crippen LogP contribution in [0.3, 0.4) is 0 Å². The second kappa shape index (κ2) is 17.9. The number of hydrogen-bond acceptors (Lipinski definition) is 11. The zero-order valence-corrected chi connectivity index (χ0v) is 31.5. The Morgan fingerprint density at radius 2 is 1.74 bits per heavy atom. The van der Waals surface area contributed by atoms with Gasteiger partial charge in [-0.2, -0.15) is 0 Å². The first kappa shape index (κ1) is 39.5. The molecule has 2 aromatic heterocycles. The summed E-state index contributed by atoms with van der Waals surface area (Å²) in [5.74, 6) is -1.99. The fourth-order valence-electron chi connectivity index (χ4n) is 5.86. The number of benzene rings is 2. The fraction of sp³-hybridized carbons (Fsp3) is 0.405. The summed E-state index contributed by atoms with van der Waals surface area (Å²) in [7, 11) is 2.95. The first-order valence-corrected chi connectivity index (χ1v) is 18.3. The maximum atomic E-state index is 13.7. The van der Waals surface area contributed by atoms with Crippen molar-refractivity contribution in [3.63, 3.8) is 0 Å². The number of aliphatic hydroxyl groups is 1. The van der Waals surface area contributed by atoms with Crippen LogP contribution in [-0.2, 0) is 20.9 Å². The third-order valence-corrected chi connectivity index (χ3v) is 9.57. The average Bonchev–Trinajstić information content (AvgIpc) is 3.77. The highest BCUT2D eigenvalue weighted by atomic mass is 32.1. The lowest BCUT2D eigenvalue weighted by Gasteiger charge is -2.28. The van der Waals surface area contributed by atoms with Gasteiger partial charge in [0.25, 0.3) is 11.8 Å². The zero-order chi connectivity index (χ0) is 38.9. The lowest BCUT2D eigenvalue weighted by molar-refractivity contribution is -0.135. The summed E-state index contributed by atoms with van der Waals surface area (Å²) in [5.41, 5.74) is 0.910. The summed E-state index contributed by atoms with van der Waals surface area (Å²) >= 11 is 1.35. The van der Waals surface area contributed by atoms with Gasteiger partial charge in [0.05, 0.1) is 39.0 Å². The molecule has 0 aliphatic carbocycles. The van der Waals surface area contributed by atoms with E-state index in [2.05, 4.69) is 26.3 Å². The summed E-state index contributed by atoms with van der Waals surface area (Å²) in [4.78, 5) is 73.8. The molecule has 17 heteroatoms. The van der Waals surface area contributed by atoms with Gasteiger partial charge in [-0.3, -0.25) is 28.4 Å². The van der Waals surface area contributed by atoms with Gasteiger partial charge in [0.1, 0.15) is 29.3 Å². The van der Waals surface area contributed by atoms with Gasteiger partial charge >= 0.3 is 0 Å². The molecule has 5 N–H and O–H groups in total. The van der Waals surface area contributed by atoms with E-state index in [1.54, 1.807) is 67.0 Å². The Balaban J connectivity index is 1.46. The molecule has 288 valence electrons. The minimum absolute atomic E-state index is 0.0745. The minimum Gasteiger partial charge on any atom is -0.496 e. The second-order valence-corrected chi connectivity index (χ2v) is 13.9. The van der Waals surface area contributed by atoms with Gasteiger partial charge in [-0.1, -0.05) is 19.9 Å². The molecular formula is C37H45N7O9S. The first-order chi connectivity index (χ1) is 25.9. The fourth-order valence-corrected chi connectivity index (χ4v) is 6.56. The Labute approximate surface area is 316 Å². The molecule has 54 heavy (non-hydrogen) atoms. The topological polar surface area (TPSA) is 202 Å². The number of ether oxygens (including phenoxy) is 3. The highest BCUT2D eigenvalue weighted by Gasteiger charge is 2.32. The number of carbonyl (C=O) groups is 5. The molecule has 5 rings (SSSR count). The van der Waals surface area contributed by atoms with Crippen molar-refractivity contribution >= 4 is 45.8 Å². The molecule has 16 nitrogen and oxygen atoms in total. The van der Waals surface area contributed by atoms with E-state index in [0.717, 1.165) is 0 Å². The van der Waals surface area contributed by atoms with E-state index in [4.69, 9.17) is 14.2 Å². The smallest absolute Gasteiger partial charge is 0.274 e. The number of hydrogen-bond donors (Lipinski definition) is 5. The SMILES string of the molecule is COc1ccc2cc1Oc1cccc(OC)c1CNC(=O)[C@@H](C(C)C)NC(=O)[C@H]([C@@H](C)O)NC(=O)CN(C(=O)c1cn3ccsc3n1)CCCCNC2=O. The van der Waals surface area contributed by atoms with Gasteiger partial charge in [0.2, 0.25) is 17.7 Å². The molecule has 0 fully saturated rings. The molecule has 2 aromatic carbocycles. The monoisotopic (exact) mass is 763 g/mol. The summed E-state index contributed by atoms with van der Waals surface area (Å²) in [6.45, 7) is 4.68. The summed E-state index contributed by atoms with van der Waals surface area (Å²) < 4.78 is 19.1. The average molecular weight is 764 g/mol. The van der Waals surface area contributed by atoms with Crippen molar-refractivity contribution in [1.29, 1.82) is 0 Å². The Morgan fingerprint density at radius 3 is 2.44 bits per heavy atom. The molecule has 3 atom stereocenters. The van der Waals surface area contributed by atoms with E-state index >= 15 is 0 Å². The number of methoxy groups -OCH3 is 2. The van der Waals surface area contributed by atoms with Crippen molar-refractivity contribution in [2.75, 3.05) is 33.9 Å². The van der Waals surface area contributed by atoms with Gasteiger partial charge < -0.3 is 45.5 Å². The largest absolute Gasteiger partial charge is 0.496 e. The lowest BCUT2D eigenvalue weighted by Crippen LogP contribution is -2.59. The van der Waals surface area contributed by atoms with E-state index < -0.39 is 54.3 Å². The molecule has 2 bridgehead atoms. The van der Waals surface area contributed by atoms with Crippen LogP contribution in [0.1, 0.15) is 60.0 Å². The van der Waals surface area contributed by atoms with Crippen LogP contribution >= 0.6 is 11.3 Å². The van der Waals surface area contributed by atoms with Gasteiger partial charge in [-0.25, -0.2) is 4.98 Å². The molecule has 4 aromatic rings. The zero-order valence-electron chi connectivity index (χ0n) is 30.7. The van der Waals surface area contributed by atoms with Gasteiger partial charge in [0.15, 0.2) is 16.5 Å². The van der Waals surface area contributed by atoms with Crippen LogP contribution in [0.2, 0.25) is 0 Å². The number of carbonyl (C=O) groups excluding carboxylic acids is 5. The number of imidazole rings is 1.